The fourth-order valence-electron chi connectivity index (χ4n) is 5.45. The minimum atomic E-state index is -1.61. The van der Waals surface area contributed by atoms with E-state index in [4.69, 9.17) is 0 Å². The molecule has 0 heterocycles. The molecule has 0 fully saturated rings. The molecule has 0 radical (unpaired) electrons. The van der Waals surface area contributed by atoms with E-state index in [0.717, 1.165) is 22.3 Å². The van der Waals surface area contributed by atoms with Gasteiger partial charge in [-0.05, 0) is 55.0 Å². The SMILES string of the molecule is CC(C)(C)c1ccc(CC(O)(Cc2ccc(C(C)(C)C)cc2C(C)(C)C)C(CO)(CO)CO)c(C(C)(C)C)c1. The summed E-state index contributed by atoms with van der Waals surface area (Å²) in [6.07, 6.45) is 0.382. The summed E-state index contributed by atoms with van der Waals surface area (Å²) < 4.78 is 0. The highest BCUT2D eigenvalue weighted by Gasteiger charge is 2.50. The van der Waals surface area contributed by atoms with E-state index in [2.05, 4.69) is 119 Å². The Morgan fingerprint density at radius 2 is 0.795 bits per heavy atom. The Balaban J connectivity index is 2.82. The zero-order valence-corrected chi connectivity index (χ0v) is 26.8. The monoisotopic (exact) mass is 540 g/mol. The first-order valence-corrected chi connectivity index (χ1v) is 14.4. The third-order valence-corrected chi connectivity index (χ3v) is 8.43. The highest BCUT2D eigenvalue weighted by Crippen LogP contribution is 2.42. The number of hydrogen-bond donors (Lipinski definition) is 4. The molecule has 0 saturated carbocycles. The van der Waals surface area contributed by atoms with Crippen LogP contribution in [0.4, 0.5) is 0 Å². The van der Waals surface area contributed by atoms with Crippen LogP contribution in [-0.4, -0.2) is 45.8 Å². The lowest BCUT2D eigenvalue weighted by Gasteiger charge is -2.46. The minimum Gasteiger partial charge on any atom is -0.395 e. The number of aliphatic hydroxyl groups excluding tert-OH is 3. The molecule has 0 bridgehead atoms. The van der Waals surface area contributed by atoms with Gasteiger partial charge in [0, 0.05) is 12.8 Å². The van der Waals surface area contributed by atoms with E-state index in [1.807, 2.05) is 0 Å². The van der Waals surface area contributed by atoms with Crippen LogP contribution in [0.5, 0.6) is 0 Å². The summed E-state index contributed by atoms with van der Waals surface area (Å²) in [4.78, 5) is 0. The van der Waals surface area contributed by atoms with Crippen molar-refractivity contribution in [3.05, 3.63) is 69.8 Å². The molecular formula is C35H56O4. The molecule has 220 valence electrons. The lowest BCUT2D eigenvalue weighted by molar-refractivity contribution is -0.152. The first kappa shape index (κ1) is 33.5. The normalized spacial score (nSPS) is 14.2. The highest BCUT2D eigenvalue weighted by atomic mass is 16.3. The van der Waals surface area contributed by atoms with Gasteiger partial charge in [0.25, 0.3) is 0 Å². The largest absolute Gasteiger partial charge is 0.395 e. The predicted molar refractivity (Wildman–Crippen MR) is 164 cm³/mol. The maximum Gasteiger partial charge on any atom is 0.0850 e. The van der Waals surface area contributed by atoms with E-state index in [1.54, 1.807) is 0 Å². The fraction of sp³-hybridized carbons (Fsp3) is 0.657. The molecule has 4 nitrogen and oxygen atoms in total. The Kier molecular flexibility index (Phi) is 9.68. The second kappa shape index (κ2) is 11.3. The molecule has 2 aromatic carbocycles. The van der Waals surface area contributed by atoms with Crippen LogP contribution in [0.25, 0.3) is 0 Å². The van der Waals surface area contributed by atoms with Crippen LogP contribution in [0.2, 0.25) is 0 Å². The Labute approximate surface area is 238 Å². The molecule has 0 aliphatic heterocycles. The van der Waals surface area contributed by atoms with Crippen molar-refractivity contribution in [3.63, 3.8) is 0 Å². The number of aliphatic hydroxyl groups is 4. The van der Waals surface area contributed by atoms with Crippen molar-refractivity contribution in [2.75, 3.05) is 19.8 Å². The minimum absolute atomic E-state index is 0.0315. The average Bonchev–Trinajstić information content (AvgIpc) is 2.78. The molecule has 0 aromatic heterocycles. The van der Waals surface area contributed by atoms with Gasteiger partial charge in [-0.15, -0.1) is 0 Å². The standard InChI is InChI=1S/C35H56O4/c1-30(2,3)26-15-13-24(28(17-26)32(7,8)9)19-35(39,34(21-36,22-37)23-38)20-25-14-16-27(31(4,5)6)18-29(25)33(10,11)12/h13-18,36-39H,19-23H2,1-12H3. The Hall–Kier alpha value is -1.72. The molecule has 0 amide bonds. The second-order valence-electron chi connectivity index (χ2n) is 15.9. The second-order valence-corrected chi connectivity index (χ2v) is 15.9. The van der Waals surface area contributed by atoms with Gasteiger partial charge in [-0.25, -0.2) is 0 Å². The molecule has 0 spiro atoms. The first-order valence-electron chi connectivity index (χ1n) is 14.4. The van der Waals surface area contributed by atoms with Crippen molar-refractivity contribution in [1.82, 2.24) is 0 Å². The maximum atomic E-state index is 12.6. The van der Waals surface area contributed by atoms with E-state index in [9.17, 15) is 20.4 Å². The molecule has 0 atom stereocenters. The van der Waals surface area contributed by atoms with Gasteiger partial charge in [-0.1, -0.05) is 119 Å². The van der Waals surface area contributed by atoms with Crippen molar-refractivity contribution < 1.29 is 20.4 Å². The van der Waals surface area contributed by atoms with E-state index >= 15 is 0 Å². The van der Waals surface area contributed by atoms with Gasteiger partial charge in [0.05, 0.1) is 30.8 Å². The molecule has 4 heteroatoms. The zero-order valence-electron chi connectivity index (χ0n) is 26.8. The summed E-state index contributed by atoms with van der Waals surface area (Å²) in [6.45, 7) is 24.5. The maximum absolute atomic E-state index is 12.6. The quantitative estimate of drug-likeness (QED) is 0.314. The van der Waals surface area contributed by atoms with E-state index < -0.39 is 30.8 Å². The van der Waals surface area contributed by atoms with Crippen LogP contribution >= 0.6 is 0 Å². The van der Waals surface area contributed by atoms with Crippen molar-refractivity contribution in [1.29, 1.82) is 0 Å². The van der Waals surface area contributed by atoms with Crippen LogP contribution in [0, 0.1) is 5.41 Å². The first-order chi connectivity index (χ1) is 17.5. The van der Waals surface area contributed by atoms with Crippen LogP contribution in [0.3, 0.4) is 0 Å². The molecule has 2 rings (SSSR count). The predicted octanol–water partition coefficient (Wildman–Crippen LogP) is 6.36. The summed E-state index contributed by atoms with van der Waals surface area (Å²) in [5.74, 6) is 0. The summed E-state index contributed by atoms with van der Waals surface area (Å²) >= 11 is 0. The average molecular weight is 541 g/mol. The highest BCUT2D eigenvalue weighted by molar-refractivity contribution is 5.43. The van der Waals surface area contributed by atoms with Crippen molar-refractivity contribution in [2.24, 2.45) is 5.41 Å². The fourth-order valence-corrected chi connectivity index (χ4v) is 5.45. The van der Waals surface area contributed by atoms with Gasteiger partial charge in [0.1, 0.15) is 0 Å². The third-order valence-electron chi connectivity index (χ3n) is 8.43. The van der Waals surface area contributed by atoms with E-state index in [0.29, 0.717) is 0 Å². The molecular weight excluding hydrogens is 484 g/mol. The molecule has 0 aliphatic carbocycles. The number of hydrogen-bond acceptors (Lipinski definition) is 4. The lowest BCUT2D eigenvalue weighted by atomic mass is 9.64. The molecule has 0 saturated heterocycles. The van der Waals surface area contributed by atoms with Gasteiger partial charge in [0.15, 0.2) is 0 Å². The Bertz CT molecular complexity index is 1030. The van der Waals surface area contributed by atoms with Gasteiger partial charge in [-0.2, -0.15) is 0 Å². The van der Waals surface area contributed by atoms with Crippen LogP contribution < -0.4 is 0 Å². The summed E-state index contributed by atoms with van der Waals surface area (Å²) in [7, 11) is 0. The van der Waals surface area contributed by atoms with Crippen LogP contribution in [-0.2, 0) is 34.5 Å². The molecule has 39 heavy (non-hydrogen) atoms. The zero-order chi connectivity index (χ0) is 30.2. The number of rotatable bonds is 8. The van der Waals surface area contributed by atoms with Gasteiger partial charge < -0.3 is 20.4 Å². The van der Waals surface area contributed by atoms with Gasteiger partial charge in [-0.3, -0.25) is 0 Å². The van der Waals surface area contributed by atoms with Crippen molar-refractivity contribution >= 4 is 0 Å². The Morgan fingerprint density at radius 1 is 0.487 bits per heavy atom. The smallest absolute Gasteiger partial charge is 0.0850 e. The van der Waals surface area contributed by atoms with Gasteiger partial charge in [0.2, 0.25) is 0 Å². The number of benzene rings is 2. The molecule has 0 unspecified atom stereocenters. The molecule has 0 aliphatic rings. The summed E-state index contributed by atoms with van der Waals surface area (Å²) in [5.41, 5.74) is 3.03. The summed E-state index contributed by atoms with van der Waals surface area (Å²) in [6, 6.07) is 12.8. The Morgan fingerprint density at radius 3 is 1.03 bits per heavy atom. The van der Waals surface area contributed by atoms with Crippen LogP contribution in [0.1, 0.15) is 116 Å². The van der Waals surface area contributed by atoms with Crippen LogP contribution in [0.15, 0.2) is 36.4 Å². The molecule has 2 aromatic rings. The van der Waals surface area contributed by atoms with Gasteiger partial charge >= 0.3 is 0 Å². The lowest BCUT2D eigenvalue weighted by Crippen LogP contribution is -2.58. The van der Waals surface area contributed by atoms with E-state index in [1.165, 1.54) is 11.1 Å². The topological polar surface area (TPSA) is 80.9 Å². The third kappa shape index (κ3) is 7.33. The molecule has 4 N–H and O–H groups in total. The van der Waals surface area contributed by atoms with E-state index in [-0.39, 0.29) is 34.5 Å². The van der Waals surface area contributed by atoms with Crippen molar-refractivity contribution in [2.45, 2.75) is 123 Å². The van der Waals surface area contributed by atoms with Crippen molar-refractivity contribution in [3.8, 4) is 0 Å². The summed E-state index contributed by atoms with van der Waals surface area (Å²) in [5, 5.41) is 44.2.